The first-order valence-electron chi connectivity index (χ1n) is 21.0. The van der Waals surface area contributed by atoms with Crippen LogP contribution in [0, 0.1) is 0 Å². The van der Waals surface area contributed by atoms with Crippen LogP contribution in [-0.2, 0) is 28.6 Å². The molecule has 0 aliphatic heterocycles. The molecule has 308 valence electrons. The van der Waals surface area contributed by atoms with Crippen molar-refractivity contribution >= 4 is 17.9 Å². The van der Waals surface area contributed by atoms with E-state index in [-0.39, 0.29) is 42.7 Å². The SMILES string of the molecule is CC/C=C/C=C/C=C/C=C/C=C/CCCCCC(=O)OCC(COCCC(C(=O)[O-])[N+](C)(C)C)OC(=O)CCCCCCCCC/C=C/CCCCCC. The highest BCUT2D eigenvalue weighted by Crippen LogP contribution is 2.13. The number of hydrogen-bond acceptors (Lipinski definition) is 7. The number of quaternary nitrogens is 1. The lowest BCUT2D eigenvalue weighted by Gasteiger charge is -2.34. The monoisotopic (exact) mass is 756 g/mol. The van der Waals surface area contributed by atoms with E-state index >= 15 is 0 Å². The maximum atomic E-state index is 12.7. The number of carboxylic acid groups (broad SMARTS) is 1. The van der Waals surface area contributed by atoms with Gasteiger partial charge in [-0.3, -0.25) is 9.59 Å². The van der Waals surface area contributed by atoms with Gasteiger partial charge in [0.25, 0.3) is 0 Å². The number of hydrogen-bond donors (Lipinski definition) is 0. The molecular weight excluding hydrogens is 679 g/mol. The Labute approximate surface area is 330 Å². The highest BCUT2D eigenvalue weighted by Gasteiger charge is 2.25. The second-order valence-corrected chi connectivity index (χ2v) is 15.0. The van der Waals surface area contributed by atoms with Crippen LogP contribution in [0.15, 0.2) is 72.9 Å². The topological polar surface area (TPSA) is 102 Å². The molecule has 0 aliphatic carbocycles. The molecule has 0 aliphatic rings. The lowest BCUT2D eigenvalue weighted by atomic mass is 10.1. The highest BCUT2D eigenvalue weighted by atomic mass is 16.6. The van der Waals surface area contributed by atoms with E-state index in [1.807, 2.05) is 48.6 Å². The number of aliphatic carboxylic acids is 1. The van der Waals surface area contributed by atoms with Gasteiger partial charge in [-0.1, -0.05) is 145 Å². The van der Waals surface area contributed by atoms with E-state index in [0.717, 1.165) is 51.4 Å². The Morgan fingerprint density at radius 1 is 0.574 bits per heavy atom. The van der Waals surface area contributed by atoms with Crippen LogP contribution >= 0.6 is 0 Å². The van der Waals surface area contributed by atoms with Crippen molar-refractivity contribution in [2.75, 3.05) is 41.0 Å². The second kappa shape index (κ2) is 36.7. The maximum Gasteiger partial charge on any atom is 0.306 e. The minimum atomic E-state index is -1.14. The fourth-order valence-corrected chi connectivity index (χ4v) is 5.67. The fraction of sp³-hybridized carbons (Fsp3) is 0.674. The molecular formula is C46H77NO7. The van der Waals surface area contributed by atoms with Crippen LogP contribution in [0.25, 0.3) is 0 Å². The average molecular weight is 756 g/mol. The third-order valence-electron chi connectivity index (χ3n) is 8.95. The minimum absolute atomic E-state index is 0.0214. The van der Waals surface area contributed by atoms with Gasteiger partial charge in [0, 0.05) is 19.3 Å². The third-order valence-corrected chi connectivity index (χ3v) is 8.95. The van der Waals surface area contributed by atoms with Crippen LogP contribution in [0.1, 0.15) is 149 Å². The highest BCUT2D eigenvalue weighted by molar-refractivity contribution is 5.70. The number of esters is 2. The van der Waals surface area contributed by atoms with E-state index in [0.29, 0.717) is 12.8 Å². The second-order valence-electron chi connectivity index (χ2n) is 15.0. The van der Waals surface area contributed by atoms with E-state index in [4.69, 9.17) is 14.2 Å². The van der Waals surface area contributed by atoms with E-state index in [1.54, 1.807) is 21.1 Å². The zero-order valence-electron chi connectivity index (χ0n) is 34.9. The van der Waals surface area contributed by atoms with Crippen molar-refractivity contribution in [1.82, 2.24) is 0 Å². The van der Waals surface area contributed by atoms with Gasteiger partial charge in [-0.2, -0.15) is 0 Å². The van der Waals surface area contributed by atoms with Crippen molar-refractivity contribution in [2.45, 2.75) is 161 Å². The van der Waals surface area contributed by atoms with E-state index in [2.05, 4.69) is 38.2 Å². The number of likely N-dealkylation sites (N-methyl/N-ethyl adjacent to an activating group) is 1. The molecule has 0 aromatic rings. The Kier molecular flexibility index (Phi) is 34.5. The van der Waals surface area contributed by atoms with E-state index < -0.39 is 18.1 Å². The summed E-state index contributed by atoms with van der Waals surface area (Å²) in [5, 5.41) is 11.6. The van der Waals surface area contributed by atoms with Crippen LogP contribution < -0.4 is 5.11 Å². The molecule has 0 rings (SSSR count). The summed E-state index contributed by atoms with van der Waals surface area (Å²) in [6, 6.07) is -0.736. The molecule has 0 heterocycles. The molecule has 8 heteroatoms. The Balaban J connectivity index is 4.47. The van der Waals surface area contributed by atoms with Crippen LogP contribution in [0.2, 0.25) is 0 Å². The normalized spacial score (nSPS) is 13.7. The van der Waals surface area contributed by atoms with Gasteiger partial charge in [-0.25, -0.2) is 0 Å². The van der Waals surface area contributed by atoms with Gasteiger partial charge in [0.15, 0.2) is 6.10 Å². The van der Waals surface area contributed by atoms with Gasteiger partial charge < -0.3 is 28.6 Å². The largest absolute Gasteiger partial charge is 0.544 e. The number of carboxylic acids is 1. The molecule has 8 nitrogen and oxygen atoms in total. The summed E-state index contributed by atoms with van der Waals surface area (Å²) in [5.41, 5.74) is 0. The molecule has 2 unspecified atom stereocenters. The standard InChI is InChI=1S/C46H77NO7/c1-6-8-10-12-14-16-18-20-22-24-26-28-30-32-34-36-44(48)53-41-42(40-52-39-38-43(46(50)51)47(3,4)5)54-45(49)37-35-33-31-29-27-25-23-21-19-17-15-13-11-9-7-2/h8,10,12,14,16-20,22,24,26,42-43H,6-7,9,11,13,15,21,23,25,27-41H2,1-5H3/b10-8+,14-12+,18-16+,19-17+,22-20+,26-24+. The maximum absolute atomic E-state index is 12.7. The molecule has 0 radical (unpaired) electrons. The molecule has 54 heavy (non-hydrogen) atoms. The lowest BCUT2D eigenvalue weighted by Crippen LogP contribution is -2.55. The Morgan fingerprint density at radius 2 is 1.06 bits per heavy atom. The molecule has 0 bridgehead atoms. The summed E-state index contributed by atoms with van der Waals surface area (Å²) >= 11 is 0. The Morgan fingerprint density at radius 3 is 1.61 bits per heavy atom. The van der Waals surface area contributed by atoms with E-state index in [1.165, 1.54) is 64.2 Å². The minimum Gasteiger partial charge on any atom is -0.544 e. The zero-order chi connectivity index (χ0) is 40.0. The first kappa shape index (κ1) is 50.8. The van der Waals surface area contributed by atoms with Crippen LogP contribution in [-0.4, -0.2) is 75.5 Å². The van der Waals surface area contributed by atoms with Gasteiger partial charge in [0.1, 0.15) is 12.6 Å². The number of allylic oxidation sites excluding steroid dienone is 12. The van der Waals surface area contributed by atoms with Gasteiger partial charge in [0.05, 0.1) is 40.3 Å². The van der Waals surface area contributed by atoms with Crippen molar-refractivity contribution in [3.8, 4) is 0 Å². The smallest absolute Gasteiger partial charge is 0.306 e. The average Bonchev–Trinajstić information content (AvgIpc) is 3.12. The van der Waals surface area contributed by atoms with Gasteiger partial charge in [0.2, 0.25) is 0 Å². The summed E-state index contributed by atoms with van der Waals surface area (Å²) in [4.78, 5) is 36.8. The summed E-state index contributed by atoms with van der Waals surface area (Å²) in [6.45, 7) is 4.44. The summed E-state index contributed by atoms with van der Waals surface area (Å²) in [7, 11) is 5.38. The van der Waals surface area contributed by atoms with Crippen LogP contribution in [0.5, 0.6) is 0 Å². The first-order valence-corrected chi connectivity index (χ1v) is 21.0. The number of rotatable bonds is 36. The lowest BCUT2D eigenvalue weighted by molar-refractivity contribution is -0.889. The number of ether oxygens (including phenoxy) is 3. The molecule has 0 amide bonds. The molecule has 2 atom stereocenters. The fourth-order valence-electron chi connectivity index (χ4n) is 5.67. The Hall–Kier alpha value is -3.23. The number of nitrogens with zero attached hydrogens (tertiary/aromatic N) is 1. The zero-order valence-corrected chi connectivity index (χ0v) is 34.9. The van der Waals surface area contributed by atoms with Crippen molar-refractivity contribution in [2.24, 2.45) is 0 Å². The molecule has 0 saturated heterocycles. The molecule has 0 aromatic heterocycles. The first-order chi connectivity index (χ1) is 26.1. The van der Waals surface area contributed by atoms with Crippen LogP contribution in [0.3, 0.4) is 0 Å². The summed E-state index contributed by atoms with van der Waals surface area (Å²) < 4.78 is 17.1. The molecule has 0 aromatic carbocycles. The molecule has 0 N–H and O–H groups in total. The summed E-state index contributed by atoms with van der Waals surface area (Å²) in [6.07, 6.45) is 44.9. The number of carbonyl (C=O) groups is 3. The Bertz CT molecular complexity index is 1110. The number of carbonyl (C=O) groups excluding carboxylic acids is 3. The van der Waals surface area contributed by atoms with Gasteiger partial charge in [-0.05, 0) is 57.8 Å². The van der Waals surface area contributed by atoms with Crippen molar-refractivity contribution in [3.63, 3.8) is 0 Å². The van der Waals surface area contributed by atoms with E-state index in [9.17, 15) is 19.5 Å². The molecule has 0 spiro atoms. The summed E-state index contributed by atoms with van der Waals surface area (Å²) in [5.74, 6) is -1.81. The predicted molar refractivity (Wildman–Crippen MR) is 222 cm³/mol. The molecule has 0 fully saturated rings. The van der Waals surface area contributed by atoms with Gasteiger partial charge >= 0.3 is 11.9 Å². The van der Waals surface area contributed by atoms with Crippen molar-refractivity contribution in [3.05, 3.63) is 72.9 Å². The number of unbranched alkanes of at least 4 members (excludes halogenated alkanes) is 14. The van der Waals surface area contributed by atoms with Crippen molar-refractivity contribution < 1.29 is 38.2 Å². The third kappa shape index (κ3) is 34.5. The predicted octanol–water partition coefficient (Wildman–Crippen LogP) is 9.85. The van der Waals surface area contributed by atoms with Crippen LogP contribution in [0.4, 0.5) is 0 Å². The van der Waals surface area contributed by atoms with Crippen molar-refractivity contribution in [1.29, 1.82) is 0 Å². The van der Waals surface area contributed by atoms with Gasteiger partial charge in [-0.15, -0.1) is 0 Å². The molecule has 0 saturated carbocycles. The quantitative estimate of drug-likeness (QED) is 0.0206.